The number of halogens is 2. The third-order valence-corrected chi connectivity index (χ3v) is 3.86. The Labute approximate surface area is 148 Å². The van der Waals surface area contributed by atoms with Crippen molar-refractivity contribution in [2.45, 2.75) is 6.61 Å². The van der Waals surface area contributed by atoms with Gasteiger partial charge in [0.2, 0.25) is 0 Å². The second-order valence-corrected chi connectivity index (χ2v) is 5.44. The molecule has 26 heavy (non-hydrogen) atoms. The molecule has 0 saturated heterocycles. The number of imidazole rings is 1. The summed E-state index contributed by atoms with van der Waals surface area (Å²) in [6, 6.07) is 14.2. The van der Waals surface area contributed by atoms with E-state index in [1.165, 1.54) is 19.2 Å². The van der Waals surface area contributed by atoms with Crippen molar-refractivity contribution < 1.29 is 18.3 Å². The summed E-state index contributed by atoms with van der Waals surface area (Å²) < 4.78 is 36.2. The molecule has 2 aromatic carbocycles. The van der Waals surface area contributed by atoms with Gasteiger partial charge in [0, 0.05) is 7.05 Å². The maximum atomic E-state index is 12.4. The van der Waals surface area contributed by atoms with Crippen LogP contribution in [0.2, 0.25) is 0 Å². The van der Waals surface area contributed by atoms with E-state index in [1.807, 2.05) is 35.9 Å². The Morgan fingerprint density at radius 3 is 2.65 bits per heavy atom. The van der Waals surface area contributed by atoms with Crippen LogP contribution in [-0.4, -0.2) is 23.3 Å². The highest BCUT2D eigenvalue weighted by Crippen LogP contribution is 2.31. The van der Waals surface area contributed by atoms with Crippen molar-refractivity contribution in [2.75, 3.05) is 7.11 Å². The smallest absolute Gasteiger partial charge is 0.387 e. The number of hydrogen-bond acceptors (Lipinski definition) is 4. The van der Waals surface area contributed by atoms with E-state index in [0.29, 0.717) is 17.0 Å². The number of para-hydroxylation sites is 2. The maximum absolute atomic E-state index is 12.4. The zero-order valence-electron chi connectivity index (χ0n) is 14.1. The molecule has 1 heterocycles. The molecule has 132 valence electrons. The number of fused-ring (bicyclic) bond motifs is 1. The van der Waals surface area contributed by atoms with Crippen LogP contribution in [0.4, 0.5) is 8.78 Å². The van der Waals surface area contributed by atoms with Gasteiger partial charge in [-0.2, -0.15) is 14.0 Å². The first kappa shape index (κ1) is 17.4. The number of allylic oxidation sites excluding steroid dienone is 1. The monoisotopic (exact) mass is 355 g/mol. The van der Waals surface area contributed by atoms with E-state index < -0.39 is 6.61 Å². The molecule has 0 amide bonds. The lowest BCUT2D eigenvalue weighted by molar-refractivity contribution is -0.0512. The number of rotatable bonds is 5. The number of benzene rings is 2. The second kappa shape index (κ2) is 7.23. The van der Waals surface area contributed by atoms with E-state index >= 15 is 0 Å². The molecular formula is C19H15F2N3O2. The number of aromatic nitrogens is 2. The number of nitrogens with zero attached hydrogens (tertiary/aromatic N) is 3. The van der Waals surface area contributed by atoms with Crippen molar-refractivity contribution in [3.05, 3.63) is 53.9 Å². The van der Waals surface area contributed by atoms with Gasteiger partial charge < -0.3 is 14.0 Å². The van der Waals surface area contributed by atoms with Crippen LogP contribution in [0.25, 0.3) is 22.7 Å². The molecule has 1 aromatic heterocycles. The number of hydrogen-bond donors (Lipinski definition) is 0. The highest BCUT2D eigenvalue weighted by molar-refractivity contribution is 5.91. The molecule has 0 aliphatic heterocycles. The van der Waals surface area contributed by atoms with Crippen LogP contribution in [0, 0.1) is 11.3 Å². The van der Waals surface area contributed by atoms with Gasteiger partial charge in [-0.3, -0.25) is 0 Å². The SMILES string of the molecule is COc1cc(/C=C(\C#N)c2nc3ccccc3n2C)ccc1OC(F)F. The molecule has 0 bridgehead atoms. The van der Waals surface area contributed by atoms with Crippen molar-refractivity contribution in [1.82, 2.24) is 9.55 Å². The van der Waals surface area contributed by atoms with Crippen molar-refractivity contribution in [3.63, 3.8) is 0 Å². The van der Waals surface area contributed by atoms with E-state index in [1.54, 1.807) is 12.1 Å². The second-order valence-electron chi connectivity index (χ2n) is 5.44. The highest BCUT2D eigenvalue weighted by atomic mass is 19.3. The Morgan fingerprint density at radius 2 is 2.00 bits per heavy atom. The topological polar surface area (TPSA) is 60.1 Å². The van der Waals surface area contributed by atoms with Gasteiger partial charge in [0.25, 0.3) is 0 Å². The highest BCUT2D eigenvalue weighted by Gasteiger charge is 2.14. The average molecular weight is 355 g/mol. The first-order valence-corrected chi connectivity index (χ1v) is 7.70. The summed E-state index contributed by atoms with van der Waals surface area (Å²) in [4.78, 5) is 4.50. The molecule has 5 nitrogen and oxygen atoms in total. The van der Waals surface area contributed by atoms with Crippen molar-refractivity contribution in [3.8, 4) is 17.6 Å². The van der Waals surface area contributed by atoms with Crippen LogP contribution in [0.3, 0.4) is 0 Å². The zero-order valence-corrected chi connectivity index (χ0v) is 14.1. The number of ether oxygens (including phenoxy) is 2. The summed E-state index contributed by atoms with van der Waals surface area (Å²) in [6.07, 6.45) is 1.62. The van der Waals surface area contributed by atoms with E-state index in [2.05, 4.69) is 15.8 Å². The number of aryl methyl sites for hydroxylation is 1. The third-order valence-electron chi connectivity index (χ3n) is 3.86. The Bertz CT molecular complexity index is 1020. The molecule has 0 N–H and O–H groups in total. The summed E-state index contributed by atoms with van der Waals surface area (Å²) >= 11 is 0. The molecule has 0 atom stereocenters. The number of nitriles is 1. The first-order chi connectivity index (χ1) is 12.5. The fourth-order valence-corrected chi connectivity index (χ4v) is 2.67. The summed E-state index contributed by atoms with van der Waals surface area (Å²) in [7, 11) is 3.19. The number of methoxy groups -OCH3 is 1. The summed E-state index contributed by atoms with van der Waals surface area (Å²) in [5.41, 5.74) is 2.63. The normalized spacial score (nSPS) is 11.6. The van der Waals surface area contributed by atoms with Crippen LogP contribution >= 0.6 is 0 Å². The molecule has 0 fully saturated rings. The molecular weight excluding hydrogens is 340 g/mol. The minimum atomic E-state index is -2.94. The van der Waals surface area contributed by atoms with E-state index in [0.717, 1.165) is 11.0 Å². The predicted molar refractivity (Wildman–Crippen MR) is 93.8 cm³/mol. The van der Waals surface area contributed by atoms with Gasteiger partial charge in [0.1, 0.15) is 6.07 Å². The standard InChI is InChI=1S/C19H15F2N3O2/c1-24-15-6-4-3-5-14(15)23-18(24)13(11-22)9-12-7-8-16(26-19(20)21)17(10-12)25-2/h3-10,19H,1-2H3/b13-9+. The maximum Gasteiger partial charge on any atom is 0.387 e. The van der Waals surface area contributed by atoms with Gasteiger partial charge in [-0.1, -0.05) is 18.2 Å². The van der Waals surface area contributed by atoms with Crippen LogP contribution in [0.15, 0.2) is 42.5 Å². The molecule has 3 aromatic rings. The van der Waals surface area contributed by atoms with Crippen LogP contribution in [-0.2, 0) is 7.05 Å². The molecule has 3 rings (SSSR count). The average Bonchev–Trinajstić information content (AvgIpc) is 2.97. The Balaban J connectivity index is 2.03. The summed E-state index contributed by atoms with van der Waals surface area (Å²) in [6.45, 7) is -2.94. The Morgan fingerprint density at radius 1 is 1.23 bits per heavy atom. The Kier molecular flexibility index (Phi) is 4.85. The molecule has 0 spiro atoms. The Hall–Kier alpha value is -3.40. The van der Waals surface area contributed by atoms with Crippen molar-refractivity contribution in [1.29, 1.82) is 5.26 Å². The third kappa shape index (κ3) is 3.35. The van der Waals surface area contributed by atoms with Gasteiger partial charge in [0.05, 0.1) is 23.7 Å². The van der Waals surface area contributed by atoms with Crippen LogP contribution in [0.1, 0.15) is 11.4 Å². The minimum Gasteiger partial charge on any atom is -0.493 e. The molecule has 0 aliphatic rings. The van der Waals surface area contributed by atoms with Crippen molar-refractivity contribution in [2.24, 2.45) is 7.05 Å². The quantitative estimate of drug-likeness (QED) is 0.642. The minimum absolute atomic E-state index is 0.0686. The molecule has 7 heteroatoms. The lowest BCUT2D eigenvalue weighted by Gasteiger charge is -2.10. The van der Waals surface area contributed by atoms with E-state index in [4.69, 9.17) is 4.74 Å². The first-order valence-electron chi connectivity index (χ1n) is 7.70. The largest absolute Gasteiger partial charge is 0.493 e. The summed E-state index contributed by atoms with van der Waals surface area (Å²) in [5.74, 6) is 0.600. The molecule has 0 saturated carbocycles. The summed E-state index contributed by atoms with van der Waals surface area (Å²) in [5, 5.41) is 9.56. The number of alkyl halides is 2. The van der Waals surface area contributed by atoms with Crippen molar-refractivity contribution >= 4 is 22.7 Å². The van der Waals surface area contributed by atoms with E-state index in [9.17, 15) is 14.0 Å². The van der Waals surface area contributed by atoms with Crippen LogP contribution < -0.4 is 9.47 Å². The fraction of sp³-hybridized carbons (Fsp3) is 0.158. The lowest BCUT2D eigenvalue weighted by atomic mass is 10.1. The zero-order chi connectivity index (χ0) is 18.7. The van der Waals surface area contributed by atoms with Gasteiger partial charge in [-0.15, -0.1) is 0 Å². The van der Waals surface area contributed by atoms with Gasteiger partial charge in [-0.25, -0.2) is 4.98 Å². The predicted octanol–water partition coefficient (Wildman–Crippen LogP) is 4.25. The lowest BCUT2D eigenvalue weighted by Crippen LogP contribution is -2.03. The van der Waals surface area contributed by atoms with Gasteiger partial charge in [-0.05, 0) is 35.9 Å². The van der Waals surface area contributed by atoms with Gasteiger partial charge >= 0.3 is 6.61 Å². The molecule has 0 aliphatic carbocycles. The van der Waals surface area contributed by atoms with Gasteiger partial charge in [0.15, 0.2) is 17.3 Å². The van der Waals surface area contributed by atoms with E-state index in [-0.39, 0.29) is 11.5 Å². The molecule has 0 unspecified atom stereocenters. The fourth-order valence-electron chi connectivity index (χ4n) is 2.67. The molecule has 0 radical (unpaired) electrons. The van der Waals surface area contributed by atoms with Crippen LogP contribution in [0.5, 0.6) is 11.5 Å².